The normalized spacial score (nSPS) is 10.3. The van der Waals surface area contributed by atoms with Crippen molar-refractivity contribution in [1.82, 2.24) is 0 Å². The van der Waals surface area contributed by atoms with E-state index in [-0.39, 0.29) is 5.91 Å². The average molecular weight is 332 g/mol. The van der Waals surface area contributed by atoms with Crippen molar-refractivity contribution in [2.24, 2.45) is 0 Å². The predicted molar refractivity (Wildman–Crippen MR) is 86.9 cm³/mol. The minimum atomic E-state index is 0.0680. The number of hydrogen-bond donors (Lipinski definition) is 1. The SMILES string of the molecule is Cc1cc(Br)cc(NC(=O)CCCc2ccccc2)c1. The number of rotatable bonds is 5. The minimum Gasteiger partial charge on any atom is -0.326 e. The Morgan fingerprint density at radius 2 is 1.90 bits per heavy atom. The highest BCUT2D eigenvalue weighted by molar-refractivity contribution is 9.10. The van der Waals surface area contributed by atoms with Crippen molar-refractivity contribution in [3.8, 4) is 0 Å². The van der Waals surface area contributed by atoms with E-state index in [1.165, 1.54) is 5.56 Å². The maximum Gasteiger partial charge on any atom is 0.224 e. The minimum absolute atomic E-state index is 0.0680. The molecule has 0 unspecified atom stereocenters. The standard InChI is InChI=1S/C17H18BrNO/c1-13-10-15(18)12-16(11-13)19-17(20)9-5-8-14-6-3-2-4-7-14/h2-4,6-7,10-12H,5,8-9H2,1H3,(H,19,20). The van der Waals surface area contributed by atoms with Crippen LogP contribution in [0.2, 0.25) is 0 Å². The van der Waals surface area contributed by atoms with E-state index in [1.54, 1.807) is 0 Å². The third-order valence-corrected chi connectivity index (χ3v) is 3.50. The highest BCUT2D eigenvalue weighted by atomic mass is 79.9. The summed E-state index contributed by atoms with van der Waals surface area (Å²) in [6.45, 7) is 2.01. The van der Waals surface area contributed by atoms with Gasteiger partial charge in [0.15, 0.2) is 0 Å². The van der Waals surface area contributed by atoms with Crippen LogP contribution in [0, 0.1) is 6.92 Å². The molecule has 2 rings (SSSR count). The molecule has 0 aliphatic carbocycles. The molecule has 0 fully saturated rings. The van der Waals surface area contributed by atoms with Crippen LogP contribution in [0.25, 0.3) is 0 Å². The summed E-state index contributed by atoms with van der Waals surface area (Å²) in [5.74, 6) is 0.0680. The lowest BCUT2D eigenvalue weighted by Crippen LogP contribution is -2.11. The number of nitrogens with one attached hydrogen (secondary N) is 1. The maximum absolute atomic E-state index is 11.9. The lowest BCUT2D eigenvalue weighted by atomic mass is 10.1. The molecule has 2 aromatic rings. The van der Waals surface area contributed by atoms with E-state index in [9.17, 15) is 4.79 Å². The van der Waals surface area contributed by atoms with Crippen LogP contribution < -0.4 is 5.32 Å². The zero-order chi connectivity index (χ0) is 14.4. The molecule has 0 aliphatic rings. The molecule has 2 nitrogen and oxygen atoms in total. The zero-order valence-electron chi connectivity index (χ0n) is 11.5. The summed E-state index contributed by atoms with van der Waals surface area (Å²) >= 11 is 3.43. The van der Waals surface area contributed by atoms with Gasteiger partial charge in [-0.1, -0.05) is 46.3 Å². The highest BCUT2D eigenvalue weighted by Gasteiger charge is 2.04. The van der Waals surface area contributed by atoms with Crippen LogP contribution in [0.5, 0.6) is 0 Å². The molecule has 2 aromatic carbocycles. The van der Waals surface area contributed by atoms with Gasteiger partial charge in [0.25, 0.3) is 0 Å². The largest absolute Gasteiger partial charge is 0.326 e. The van der Waals surface area contributed by atoms with Crippen molar-refractivity contribution in [3.63, 3.8) is 0 Å². The first kappa shape index (κ1) is 14.8. The molecule has 20 heavy (non-hydrogen) atoms. The van der Waals surface area contributed by atoms with Crippen molar-refractivity contribution in [3.05, 3.63) is 64.1 Å². The molecule has 0 atom stereocenters. The molecule has 0 aliphatic heterocycles. The molecular formula is C17H18BrNO. The van der Waals surface area contributed by atoms with Gasteiger partial charge in [-0.2, -0.15) is 0 Å². The second-order valence-corrected chi connectivity index (χ2v) is 5.82. The molecular weight excluding hydrogens is 314 g/mol. The number of amides is 1. The van der Waals surface area contributed by atoms with E-state index in [0.717, 1.165) is 28.6 Å². The van der Waals surface area contributed by atoms with Crippen molar-refractivity contribution in [1.29, 1.82) is 0 Å². The topological polar surface area (TPSA) is 29.1 Å². The van der Waals surface area contributed by atoms with Crippen molar-refractivity contribution in [2.75, 3.05) is 5.32 Å². The van der Waals surface area contributed by atoms with Gasteiger partial charge < -0.3 is 5.32 Å². The van der Waals surface area contributed by atoms with Gasteiger partial charge in [0.05, 0.1) is 0 Å². The molecule has 3 heteroatoms. The summed E-state index contributed by atoms with van der Waals surface area (Å²) in [4.78, 5) is 11.9. The second kappa shape index (κ2) is 7.25. The van der Waals surface area contributed by atoms with Gasteiger partial charge >= 0.3 is 0 Å². The third-order valence-electron chi connectivity index (χ3n) is 3.04. The molecule has 104 valence electrons. The van der Waals surface area contributed by atoms with Crippen LogP contribution >= 0.6 is 15.9 Å². The Bertz CT molecular complexity index is 561. The van der Waals surface area contributed by atoms with Crippen LogP contribution in [-0.2, 0) is 11.2 Å². The quantitative estimate of drug-likeness (QED) is 0.843. The molecule has 0 saturated heterocycles. The van der Waals surface area contributed by atoms with Gasteiger partial charge in [-0.3, -0.25) is 4.79 Å². The van der Waals surface area contributed by atoms with Gasteiger partial charge in [0.2, 0.25) is 5.91 Å². The zero-order valence-corrected chi connectivity index (χ0v) is 13.1. The van der Waals surface area contributed by atoms with Crippen LogP contribution in [0.1, 0.15) is 24.0 Å². The first-order valence-corrected chi connectivity index (χ1v) is 7.54. The lowest BCUT2D eigenvalue weighted by molar-refractivity contribution is -0.116. The fourth-order valence-corrected chi connectivity index (χ4v) is 2.74. The van der Waals surface area contributed by atoms with E-state index in [2.05, 4.69) is 33.4 Å². The van der Waals surface area contributed by atoms with Gasteiger partial charge in [-0.25, -0.2) is 0 Å². The Hall–Kier alpha value is -1.61. The van der Waals surface area contributed by atoms with E-state index in [0.29, 0.717) is 6.42 Å². The monoisotopic (exact) mass is 331 g/mol. The number of carbonyl (C=O) groups is 1. The second-order valence-electron chi connectivity index (χ2n) is 4.90. The van der Waals surface area contributed by atoms with E-state index in [4.69, 9.17) is 0 Å². The van der Waals surface area contributed by atoms with Gasteiger partial charge in [0, 0.05) is 16.6 Å². The first-order chi connectivity index (χ1) is 9.63. The number of aryl methyl sites for hydroxylation is 2. The summed E-state index contributed by atoms with van der Waals surface area (Å²) in [6, 6.07) is 16.2. The average Bonchev–Trinajstić information content (AvgIpc) is 2.38. The number of carbonyl (C=O) groups excluding carboxylic acids is 1. The Balaban J connectivity index is 1.81. The molecule has 0 aromatic heterocycles. The molecule has 0 radical (unpaired) electrons. The van der Waals surface area contributed by atoms with Crippen LogP contribution in [0.4, 0.5) is 5.69 Å². The van der Waals surface area contributed by atoms with Crippen LogP contribution in [0.3, 0.4) is 0 Å². The summed E-state index contributed by atoms with van der Waals surface area (Å²) in [7, 11) is 0. The number of anilines is 1. The molecule has 0 spiro atoms. The first-order valence-electron chi connectivity index (χ1n) is 6.74. The van der Waals surface area contributed by atoms with Crippen LogP contribution in [-0.4, -0.2) is 5.91 Å². The Morgan fingerprint density at radius 1 is 1.15 bits per heavy atom. The Morgan fingerprint density at radius 3 is 2.60 bits per heavy atom. The fraction of sp³-hybridized carbons (Fsp3) is 0.235. The smallest absolute Gasteiger partial charge is 0.224 e. The summed E-state index contributed by atoms with van der Waals surface area (Å²) in [5.41, 5.74) is 3.25. The Labute approximate surface area is 128 Å². The van der Waals surface area contributed by atoms with Gasteiger partial charge in [-0.05, 0) is 49.1 Å². The summed E-state index contributed by atoms with van der Waals surface area (Å²) < 4.78 is 0.983. The number of hydrogen-bond acceptors (Lipinski definition) is 1. The van der Waals surface area contributed by atoms with Crippen molar-refractivity contribution >= 4 is 27.5 Å². The Kier molecular flexibility index (Phi) is 5.36. The summed E-state index contributed by atoms with van der Waals surface area (Å²) in [5, 5.41) is 2.94. The maximum atomic E-state index is 11.9. The van der Waals surface area contributed by atoms with Gasteiger partial charge in [-0.15, -0.1) is 0 Å². The lowest BCUT2D eigenvalue weighted by Gasteiger charge is -2.07. The van der Waals surface area contributed by atoms with Crippen LogP contribution in [0.15, 0.2) is 53.0 Å². The number of halogens is 1. The van der Waals surface area contributed by atoms with E-state index in [1.807, 2.05) is 43.3 Å². The van der Waals surface area contributed by atoms with Crippen molar-refractivity contribution in [2.45, 2.75) is 26.2 Å². The molecule has 1 amide bonds. The highest BCUT2D eigenvalue weighted by Crippen LogP contribution is 2.19. The van der Waals surface area contributed by atoms with E-state index >= 15 is 0 Å². The third kappa shape index (κ3) is 4.82. The molecule has 0 bridgehead atoms. The molecule has 0 heterocycles. The molecule has 1 N–H and O–H groups in total. The van der Waals surface area contributed by atoms with Gasteiger partial charge in [0.1, 0.15) is 0 Å². The van der Waals surface area contributed by atoms with Crippen molar-refractivity contribution < 1.29 is 4.79 Å². The number of benzene rings is 2. The predicted octanol–water partition coefficient (Wildman–Crippen LogP) is 4.72. The molecule has 0 saturated carbocycles. The van der Waals surface area contributed by atoms with E-state index < -0.39 is 0 Å². The fourth-order valence-electron chi connectivity index (χ4n) is 2.13. The summed E-state index contributed by atoms with van der Waals surface area (Å²) in [6.07, 6.45) is 2.34.